The minimum Gasteiger partial charge on any atom is -0.495 e. The standard InChI is InChI=1S/C15H24N2O3/c1-15(2,20-4)14(18)17(11-7-10-16)12-8-5-6-9-13(12)19-3/h5-6,8-9H,7,10-11,16H2,1-4H3. The molecule has 0 aromatic heterocycles. The van der Waals surface area contributed by atoms with Gasteiger partial charge in [-0.3, -0.25) is 4.79 Å². The lowest BCUT2D eigenvalue weighted by Gasteiger charge is -2.31. The summed E-state index contributed by atoms with van der Waals surface area (Å²) < 4.78 is 10.6. The molecule has 0 saturated carbocycles. The smallest absolute Gasteiger partial charge is 0.258 e. The molecule has 2 N–H and O–H groups in total. The van der Waals surface area contributed by atoms with Crippen molar-refractivity contribution in [3.63, 3.8) is 0 Å². The molecule has 0 unspecified atom stereocenters. The van der Waals surface area contributed by atoms with Gasteiger partial charge in [0.25, 0.3) is 5.91 Å². The lowest BCUT2D eigenvalue weighted by molar-refractivity contribution is -0.136. The first-order chi connectivity index (χ1) is 9.47. The quantitative estimate of drug-likeness (QED) is 0.827. The number of carbonyl (C=O) groups is 1. The van der Waals surface area contributed by atoms with Crippen molar-refractivity contribution in [1.82, 2.24) is 0 Å². The zero-order valence-electron chi connectivity index (χ0n) is 12.7. The van der Waals surface area contributed by atoms with E-state index in [1.807, 2.05) is 24.3 Å². The topological polar surface area (TPSA) is 64.8 Å². The van der Waals surface area contributed by atoms with E-state index < -0.39 is 5.60 Å². The predicted molar refractivity (Wildman–Crippen MR) is 80.1 cm³/mol. The number of carbonyl (C=O) groups excluding carboxylic acids is 1. The van der Waals surface area contributed by atoms with E-state index in [2.05, 4.69) is 0 Å². The van der Waals surface area contributed by atoms with Crippen molar-refractivity contribution in [2.75, 3.05) is 32.2 Å². The summed E-state index contributed by atoms with van der Waals surface area (Å²) >= 11 is 0. The van der Waals surface area contributed by atoms with Crippen molar-refractivity contribution >= 4 is 11.6 Å². The van der Waals surface area contributed by atoms with Crippen molar-refractivity contribution < 1.29 is 14.3 Å². The minimum absolute atomic E-state index is 0.113. The SMILES string of the molecule is COc1ccccc1N(CCCN)C(=O)C(C)(C)OC. The number of ether oxygens (including phenoxy) is 2. The van der Waals surface area contributed by atoms with Crippen molar-refractivity contribution in [3.8, 4) is 5.75 Å². The molecule has 0 radical (unpaired) electrons. The Morgan fingerprint density at radius 2 is 1.95 bits per heavy atom. The normalized spacial score (nSPS) is 11.2. The summed E-state index contributed by atoms with van der Waals surface area (Å²) in [5, 5.41) is 0. The van der Waals surface area contributed by atoms with E-state index in [-0.39, 0.29) is 5.91 Å². The molecule has 0 aliphatic heterocycles. The number of methoxy groups -OCH3 is 2. The Morgan fingerprint density at radius 1 is 1.30 bits per heavy atom. The maximum absolute atomic E-state index is 12.7. The fourth-order valence-corrected chi connectivity index (χ4v) is 1.85. The Balaban J connectivity index is 3.15. The third kappa shape index (κ3) is 3.71. The summed E-state index contributed by atoms with van der Waals surface area (Å²) in [5.41, 5.74) is 5.41. The molecular weight excluding hydrogens is 256 g/mol. The number of nitrogens with two attached hydrogens (primary N) is 1. The Morgan fingerprint density at radius 3 is 2.50 bits per heavy atom. The largest absolute Gasteiger partial charge is 0.495 e. The molecule has 0 heterocycles. The van der Waals surface area contributed by atoms with Crippen LogP contribution < -0.4 is 15.4 Å². The van der Waals surface area contributed by atoms with Gasteiger partial charge in [-0.05, 0) is 38.9 Å². The molecule has 112 valence electrons. The van der Waals surface area contributed by atoms with Crippen LogP contribution >= 0.6 is 0 Å². The van der Waals surface area contributed by atoms with Crippen LogP contribution in [0.1, 0.15) is 20.3 Å². The molecule has 0 fully saturated rings. The van der Waals surface area contributed by atoms with Crippen LogP contribution in [0.2, 0.25) is 0 Å². The van der Waals surface area contributed by atoms with Crippen molar-refractivity contribution in [3.05, 3.63) is 24.3 Å². The van der Waals surface area contributed by atoms with Gasteiger partial charge in [0.05, 0.1) is 12.8 Å². The molecule has 1 aromatic carbocycles. The van der Waals surface area contributed by atoms with Gasteiger partial charge in [0.15, 0.2) is 0 Å². The van der Waals surface area contributed by atoms with Gasteiger partial charge >= 0.3 is 0 Å². The Hall–Kier alpha value is -1.59. The van der Waals surface area contributed by atoms with Gasteiger partial charge in [-0.1, -0.05) is 12.1 Å². The van der Waals surface area contributed by atoms with E-state index in [0.29, 0.717) is 25.3 Å². The number of hydrogen-bond donors (Lipinski definition) is 1. The van der Waals surface area contributed by atoms with Gasteiger partial charge in [-0.15, -0.1) is 0 Å². The second kappa shape index (κ2) is 7.26. The van der Waals surface area contributed by atoms with Gasteiger partial charge < -0.3 is 20.1 Å². The van der Waals surface area contributed by atoms with E-state index in [9.17, 15) is 4.79 Å². The highest BCUT2D eigenvalue weighted by atomic mass is 16.5. The number of hydrogen-bond acceptors (Lipinski definition) is 4. The first kappa shape index (κ1) is 16.5. The molecule has 1 amide bonds. The van der Waals surface area contributed by atoms with E-state index in [1.54, 1.807) is 25.9 Å². The molecule has 0 aliphatic rings. The van der Waals surface area contributed by atoms with Crippen LogP contribution in [0.15, 0.2) is 24.3 Å². The number of para-hydroxylation sites is 2. The Bertz CT molecular complexity index is 446. The zero-order chi connectivity index (χ0) is 15.2. The molecule has 0 atom stereocenters. The number of nitrogens with zero attached hydrogens (tertiary/aromatic N) is 1. The summed E-state index contributed by atoms with van der Waals surface area (Å²) in [5.74, 6) is 0.544. The maximum Gasteiger partial charge on any atom is 0.258 e. The van der Waals surface area contributed by atoms with Crippen molar-refractivity contribution in [2.24, 2.45) is 5.73 Å². The molecule has 20 heavy (non-hydrogen) atoms. The summed E-state index contributed by atoms with van der Waals surface area (Å²) in [6, 6.07) is 7.44. The predicted octanol–water partition coefficient (Wildman–Crippen LogP) is 1.80. The maximum atomic E-state index is 12.7. The second-order valence-electron chi connectivity index (χ2n) is 4.99. The Labute approximate surface area is 120 Å². The minimum atomic E-state index is -0.893. The number of rotatable bonds is 7. The van der Waals surface area contributed by atoms with E-state index >= 15 is 0 Å². The summed E-state index contributed by atoms with van der Waals surface area (Å²) in [7, 11) is 3.12. The zero-order valence-corrected chi connectivity index (χ0v) is 12.7. The summed E-state index contributed by atoms with van der Waals surface area (Å²) in [6.07, 6.45) is 0.712. The van der Waals surface area contributed by atoms with Crippen LogP contribution in [-0.4, -0.2) is 38.8 Å². The highest BCUT2D eigenvalue weighted by molar-refractivity contribution is 6.00. The highest BCUT2D eigenvalue weighted by Gasteiger charge is 2.33. The van der Waals surface area contributed by atoms with Gasteiger partial charge in [0, 0.05) is 13.7 Å². The van der Waals surface area contributed by atoms with Crippen LogP contribution in [0.5, 0.6) is 5.75 Å². The Kier molecular flexibility index (Phi) is 5.98. The van der Waals surface area contributed by atoms with Crippen LogP contribution in [0.4, 0.5) is 5.69 Å². The number of anilines is 1. The molecule has 1 aromatic rings. The summed E-state index contributed by atoms with van der Waals surface area (Å²) in [4.78, 5) is 14.4. The van der Waals surface area contributed by atoms with E-state index in [4.69, 9.17) is 15.2 Å². The molecule has 0 spiro atoms. The van der Waals surface area contributed by atoms with E-state index in [1.165, 1.54) is 7.11 Å². The van der Waals surface area contributed by atoms with Crippen LogP contribution in [0, 0.1) is 0 Å². The number of amides is 1. The van der Waals surface area contributed by atoms with E-state index in [0.717, 1.165) is 5.69 Å². The van der Waals surface area contributed by atoms with Gasteiger partial charge in [-0.2, -0.15) is 0 Å². The van der Waals surface area contributed by atoms with Crippen molar-refractivity contribution in [2.45, 2.75) is 25.9 Å². The first-order valence-electron chi connectivity index (χ1n) is 6.68. The fourth-order valence-electron chi connectivity index (χ4n) is 1.85. The molecule has 0 bridgehead atoms. The third-order valence-electron chi connectivity index (χ3n) is 3.23. The fraction of sp³-hybridized carbons (Fsp3) is 0.533. The first-order valence-corrected chi connectivity index (χ1v) is 6.68. The molecule has 0 aliphatic carbocycles. The summed E-state index contributed by atoms with van der Waals surface area (Å²) in [6.45, 7) is 4.55. The molecule has 0 saturated heterocycles. The molecule has 5 nitrogen and oxygen atoms in total. The highest BCUT2D eigenvalue weighted by Crippen LogP contribution is 2.30. The van der Waals surface area contributed by atoms with Crippen molar-refractivity contribution in [1.29, 1.82) is 0 Å². The second-order valence-corrected chi connectivity index (χ2v) is 4.99. The van der Waals surface area contributed by atoms with Gasteiger partial charge in [0.2, 0.25) is 0 Å². The third-order valence-corrected chi connectivity index (χ3v) is 3.23. The van der Waals surface area contributed by atoms with Crippen LogP contribution in [0.3, 0.4) is 0 Å². The average molecular weight is 280 g/mol. The molecular formula is C15H24N2O3. The van der Waals surface area contributed by atoms with Crippen LogP contribution in [0.25, 0.3) is 0 Å². The lowest BCUT2D eigenvalue weighted by Crippen LogP contribution is -2.47. The monoisotopic (exact) mass is 280 g/mol. The lowest BCUT2D eigenvalue weighted by atomic mass is 10.1. The molecule has 1 rings (SSSR count). The van der Waals surface area contributed by atoms with Crippen LogP contribution in [-0.2, 0) is 9.53 Å². The van der Waals surface area contributed by atoms with Gasteiger partial charge in [-0.25, -0.2) is 0 Å². The van der Waals surface area contributed by atoms with Gasteiger partial charge in [0.1, 0.15) is 11.4 Å². The molecule has 5 heteroatoms. The number of benzene rings is 1. The average Bonchev–Trinajstić information content (AvgIpc) is 2.47.